The minimum absolute atomic E-state index is 0.00290. The van der Waals surface area contributed by atoms with Crippen molar-refractivity contribution in [3.63, 3.8) is 0 Å². The molecule has 0 saturated heterocycles. The largest absolute Gasteiger partial charge is 0.311 e. The van der Waals surface area contributed by atoms with Crippen molar-refractivity contribution in [3.05, 3.63) is 47.0 Å². The van der Waals surface area contributed by atoms with Crippen LogP contribution in [-0.4, -0.2) is 18.8 Å². The van der Waals surface area contributed by atoms with Crippen LogP contribution in [-0.2, 0) is 17.6 Å². The first-order chi connectivity index (χ1) is 10.8. The topological polar surface area (TPSA) is 41.5 Å². The Morgan fingerprint density at radius 3 is 2.22 bits per heavy atom. The maximum atomic E-state index is 12.1. The van der Waals surface area contributed by atoms with E-state index in [-0.39, 0.29) is 11.3 Å². The Kier molecular flexibility index (Phi) is 7.21. The first kappa shape index (κ1) is 19.1. The Labute approximate surface area is 140 Å². The summed E-state index contributed by atoms with van der Waals surface area (Å²) >= 11 is 0. The minimum Gasteiger partial charge on any atom is -0.311 e. The molecule has 0 atom stereocenters. The quantitative estimate of drug-likeness (QED) is 0.638. The third-order valence-corrected chi connectivity index (χ3v) is 4.12. The predicted molar refractivity (Wildman–Crippen MR) is 98.9 cm³/mol. The van der Waals surface area contributed by atoms with Gasteiger partial charge in [0.15, 0.2) is 0 Å². The van der Waals surface area contributed by atoms with Crippen LogP contribution in [0.15, 0.2) is 40.9 Å². The molecule has 0 saturated carbocycles. The van der Waals surface area contributed by atoms with E-state index in [2.05, 4.69) is 69.2 Å². The van der Waals surface area contributed by atoms with Crippen molar-refractivity contribution >= 4 is 11.7 Å². The van der Waals surface area contributed by atoms with E-state index >= 15 is 0 Å². The number of amidine groups is 1. The molecule has 1 rings (SSSR count). The van der Waals surface area contributed by atoms with Gasteiger partial charge in [-0.3, -0.25) is 9.79 Å². The molecule has 1 aromatic carbocycles. The van der Waals surface area contributed by atoms with E-state index in [0.29, 0.717) is 12.3 Å². The number of nitrogens with zero attached hydrogens (tertiary/aromatic N) is 1. The highest BCUT2D eigenvalue weighted by atomic mass is 16.1. The number of nitrogens with one attached hydrogen (secondary N) is 1. The van der Waals surface area contributed by atoms with Crippen molar-refractivity contribution in [2.24, 2.45) is 10.4 Å². The summed E-state index contributed by atoms with van der Waals surface area (Å²) in [5, 5.41) is 2.90. The fourth-order valence-corrected chi connectivity index (χ4v) is 1.98. The summed E-state index contributed by atoms with van der Waals surface area (Å²) in [6.45, 7) is 10.6. The van der Waals surface area contributed by atoms with Gasteiger partial charge in [-0.25, -0.2) is 0 Å². The van der Waals surface area contributed by atoms with Crippen LogP contribution in [0.1, 0.15) is 52.2 Å². The number of carbonyl (C=O) groups excluding carboxylic acids is 1. The van der Waals surface area contributed by atoms with Gasteiger partial charge in [0.1, 0.15) is 5.84 Å². The number of rotatable bonds is 5. The van der Waals surface area contributed by atoms with E-state index in [1.54, 1.807) is 7.05 Å². The van der Waals surface area contributed by atoms with Crippen molar-refractivity contribution in [2.75, 3.05) is 7.05 Å². The molecule has 0 heterocycles. The fraction of sp³-hybridized carbons (Fsp3) is 0.500. The molecule has 1 N–H and O–H groups in total. The van der Waals surface area contributed by atoms with Gasteiger partial charge >= 0.3 is 0 Å². The molecule has 3 heteroatoms. The first-order valence-corrected chi connectivity index (χ1v) is 8.29. The second-order valence-electron chi connectivity index (χ2n) is 6.90. The molecule has 0 radical (unpaired) electrons. The maximum Gasteiger partial charge on any atom is 0.225 e. The minimum atomic E-state index is 0.00290. The van der Waals surface area contributed by atoms with Crippen molar-refractivity contribution in [2.45, 2.75) is 53.9 Å². The van der Waals surface area contributed by atoms with Gasteiger partial charge in [0.2, 0.25) is 5.91 Å². The van der Waals surface area contributed by atoms with Gasteiger partial charge in [0.25, 0.3) is 0 Å². The van der Waals surface area contributed by atoms with Crippen LogP contribution < -0.4 is 5.32 Å². The first-order valence-electron chi connectivity index (χ1n) is 8.29. The summed E-state index contributed by atoms with van der Waals surface area (Å²) in [6.07, 6.45) is 4.20. The standard InChI is InChI=1S/C20H30N2O/c1-7-16-8-10-17(11-9-16)12-13-19(23)22-18(21-6)14-15(2)20(3,4)5/h8-11,14H,7,12-13H2,1-6H3,(H,21,22,23)/b15-14+. The molecule has 1 aromatic rings. The lowest BCUT2D eigenvalue weighted by molar-refractivity contribution is -0.119. The van der Waals surface area contributed by atoms with E-state index in [1.165, 1.54) is 16.7 Å². The molecule has 0 fully saturated rings. The summed E-state index contributed by atoms with van der Waals surface area (Å²) in [5.41, 5.74) is 3.77. The number of aliphatic imine (C=N–C) groups is 1. The number of carbonyl (C=O) groups is 1. The van der Waals surface area contributed by atoms with Gasteiger partial charge in [0.05, 0.1) is 0 Å². The van der Waals surface area contributed by atoms with Crippen LogP contribution in [0.4, 0.5) is 0 Å². The molecule has 0 bridgehead atoms. The maximum absolute atomic E-state index is 12.1. The molecule has 0 unspecified atom stereocenters. The number of hydrogen-bond acceptors (Lipinski definition) is 2. The summed E-state index contributed by atoms with van der Waals surface area (Å²) in [6, 6.07) is 8.46. The highest BCUT2D eigenvalue weighted by molar-refractivity contribution is 6.04. The molecular weight excluding hydrogens is 284 g/mol. The summed E-state index contributed by atoms with van der Waals surface area (Å²) in [5.74, 6) is 0.631. The molecule has 1 amide bonds. The molecule has 23 heavy (non-hydrogen) atoms. The van der Waals surface area contributed by atoms with Gasteiger partial charge in [-0.2, -0.15) is 0 Å². The Morgan fingerprint density at radius 2 is 1.74 bits per heavy atom. The number of allylic oxidation sites excluding steroid dienone is 1. The fourth-order valence-electron chi connectivity index (χ4n) is 1.98. The van der Waals surface area contributed by atoms with Crippen LogP contribution in [0.2, 0.25) is 0 Å². The van der Waals surface area contributed by atoms with Crippen molar-refractivity contribution < 1.29 is 4.79 Å². The van der Waals surface area contributed by atoms with Crippen LogP contribution >= 0.6 is 0 Å². The normalized spacial score (nSPS) is 13.1. The Balaban J connectivity index is 2.57. The van der Waals surface area contributed by atoms with Gasteiger partial charge in [-0.15, -0.1) is 0 Å². The Hall–Kier alpha value is -1.90. The van der Waals surface area contributed by atoms with Crippen LogP contribution in [0, 0.1) is 5.41 Å². The van der Waals surface area contributed by atoms with Gasteiger partial charge in [-0.05, 0) is 42.4 Å². The highest BCUT2D eigenvalue weighted by Crippen LogP contribution is 2.24. The Bertz CT molecular complexity index is 575. The predicted octanol–water partition coefficient (Wildman–Crippen LogP) is 4.32. The third kappa shape index (κ3) is 6.81. The lowest BCUT2D eigenvalue weighted by Gasteiger charge is -2.19. The second kappa shape index (κ2) is 8.66. The SMILES string of the molecule is CCc1ccc(CCC(=O)NC(/C=C(\C)C(C)(C)C)=NC)cc1. The van der Waals surface area contributed by atoms with E-state index in [0.717, 1.165) is 12.8 Å². The molecule has 0 aliphatic rings. The van der Waals surface area contributed by atoms with Gasteiger partial charge in [0, 0.05) is 13.5 Å². The summed E-state index contributed by atoms with van der Waals surface area (Å²) in [4.78, 5) is 16.3. The van der Waals surface area contributed by atoms with E-state index in [9.17, 15) is 4.79 Å². The van der Waals surface area contributed by atoms with Crippen LogP contribution in [0.3, 0.4) is 0 Å². The average Bonchev–Trinajstić information content (AvgIpc) is 2.51. The zero-order valence-electron chi connectivity index (χ0n) is 15.4. The summed E-state index contributed by atoms with van der Waals surface area (Å²) in [7, 11) is 1.70. The molecule has 0 spiro atoms. The number of aryl methyl sites for hydroxylation is 2. The summed E-state index contributed by atoms with van der Waals surface area (Å²) < 4.78 is 0. The molecule has 3 nitrogen and oxygen atoms in total. The molecular formula is C20H30N2O. The third-order valence-electron chi connectivity index (χ3n) is 4.12. The lowest BCUT2D eigenvalue weighted by Crippen LogP contribution is -2.30. The average molecular weight is 314 g/mol. The molecule has 126 valence electrons. The zero-order chi connectivity index (χ0) is 17.5. The van der Waals surface area contributed by atoms with E-state index < -0.39 is 0 Å². The van der Waals surface area contributed by atoms with Crippen LogP contribution in [0.25, 0.3) is 0 Å². The second-order valence-corrected chi connectivity index (χ2v) is 6.90. The smallest absolute Gasteiger partial charge is 0.225 e. The van der Waals surface area contributed by atoms with Crippen molar-refractivity contribution in [1.82, 2.24) is 5.32 Å². The number of amides is 1. The molecule has 0 aliphatic heterocycles. The monoisotopic (exact) mass is 314 g/mol. The van der Waals surface area contributed by atoms with Crippen molar-refractivity contribution in [3.8, 4) is 0 Å². The lowest BCUT2D eigenvalue weighted by atomic mass is 9.87. The van der Waals surface area contributed by atoms with E-state index in [1.807, 2.05) is 6.08 Å². The number of benzene rings is 1. The highest BCUT2D eigenvalue weighted by Gasteiger charge is 2.14. The zero-order valence-corrected chi connectivity index (χ0v) is 15.4. The van der Waals surface area contributed by atoms with Gasteiger partial charge < -0.3 is 5.32 Å². The van der Waals surface area contributed by atoms with Crippen molar-refractivity contribution in [1.29, 1.82) is 0 Å². The molecule has 0 aromatic heterocycles. The van der Waals surface area contributed by atoms with Crippen LogP contribution in [0.5, 0.6) is 0 Å². The van der Waals surface area contributed by atoms with E-state index in [4.69, 9.17) is 0 Å². The molecule has 0 aliphatic carbocycles. The number of hydrogen-bond donors (Lipinski definition) is 1. The Morgan fingerprint density at radius 1 is 1.17 bits per heavy atom. The van der Waals surface area contributed by atoms with Gasteiger partial charge in [-0.1, -0.05) is 57.5 Å².